The van der Waals surface area contributed by atoms with Gasteiger partial charge < -0.3 is 34.8 Å². The van der Waals surface area contributed by atoms with Gasteiger partial charge in [-0.3, -0.25) is 9.78 Å². The van der Waals surface area contributed by atoms with E-state index in [1.807, 2.05) is 0 Å². The number of pyridine rings is 1. The molecule has 0 spiro atoms. The van der Waals surface area contributed by atoms with E-state index in [-0.39, 0.29) is 23.9 Å². The van der Waals surface area contributed by atoms with Gasteiger partial charge in [0.05, 0.1) is 0 Å². The van der Waals surface area contributed by atoms with Crippen LogP contribution in [0.5, 0.6) is 0 Å². The summed E-state index contributed by atoms with van der Waals surface area (Å²) in [6.07, 6.45) is -3.12. The van der Waals surface area contributed by atoms with Gasteiger partial charge in [0, 0.05) is 82.2 Å². The lowest BCUT2D eigenvalue weighted by atomic mass is 10.0. The van der Waals surface area contributed by atoms with Crippen LogP contribution in [0.15, 0.2) is 42.4 Å². The molecule has 2 aliphatic rings. The third kappa shape index (κ3) is 16.6. The summed E-state index contributed by atoms with van der Waals surface area (Å²) in [5.41, 5.74) is -1.58. The summed E-state index contributed by atoms with van der Waals surface area (Å²) in [5.74, 6) is -1.92. The fourth-order valence-electron chi connectivity index (χ4n) is 4.80. The van der Waals surface area contributed by atoms with E-state index < -0.39 is 41.1 Å². The zero-order valence-electron chi connectivity index (χ0n) is 30.4. The second-order valence-electron chi connectivity index (χ2n) is 14.4. The van der Waals surface area contributed by atoms with Gasteiger partial charge in [0.25, 0.3) is 5.78 Å². The van der Waals surface area contributed by atoms with Crippen LogP contribution in [0.25, 0.3) is 0 Å². The van der Waals surface area contributed by atoms with Gasteiger partial charge in [-0.05, 0) is 85.4 Å². The number of allylic oxidation sites excluding steroid dienone is 2. The topological polar surface area (TPSA) is 116 Å². The van der Waals surface area contributed by atoms with E-state index in [9.17, 15) is 40.7 Å². The van der Waals surface area contributed by atoms with Gasteiger partial charge in [-0.2, -0.15) is 26.3 Å². The molecule has 1 aromatic heterocycles. The average molecular weight is 737 g/mol. The second-order valence-corrected chi connectivity index (χ2v) is 14.4. The van der Waals surface area contributed by atoms with Crippen LogP contribution in [0.1, 0.15) is 72.9 Å². The predicted molar refractivity (Wildman–Crippen MR) is 180 cm³/mol. The number of halogens is 6. The number of aromatic nitrogens is 1. The van der Waals surface area contributed by atoms with Crippen LogP contribution in [0.3, 0.4) is 0 Å². The van der Waals surface area contributed by atoms with E-state index in [1.165, 1.54) is 12.1 Å². The molecular formula is C34H50F6N6O5. The number of nitrogens with one attached hydrogen (secondary N) is 2. The summed E-state index contributed by atoms with van der Waals surface area (Å²) in [5, 5.41) is 6.05. The molecule has 3 rings (SSSR count). The third-order valence-corrected chi connectivity index (χ3v) is 7.20. The molecule has 51 heavy (non-hydrogen) atoms. The van der Waals surface area contributed by atoms with Crippen molar-refractivity contribution in [2.45, 2.75) is 103 Å². The molecule has 17 heteroatoms. The molecule has 0 atom stereocenters. The summed E-state index contributed by atoms with van der Waals surface area (Å²) >= 11 is 0. The maximum Gasteiger partial charge on any atom is 0.454 e. The van der Waals surface area contributed by atoms with Crippen molar-refractivity contribution in [3.05, 3.63) is 48.1 Å². The van der Waals surface area contributed by atoms with E-state index in [1.54, 1.807) is 76.5 Å². The molecule has 0 radical (unpaired) electrons. The van der Waals surface area contributed by atoms with Crippen molar-refractivity contribution in [2.24, 2.45) is 0 Å². The number of nitrogens with zero attached hydrogens (tertiary/aromatic N) is 4. The van der Waals surface area contributed by atoms with Crippen LogP contribution in [0, 0.1) is 0 Å². The van der Waals surface area contributed by atoms with Gasteiger partial charge in [-0.1, -0.05) is 0 Å². The molecule has 1 aromatic rings. The van der Waals surface area contributed by atoms with Crippen molar-refractivity contribution in [2.75, 3.05) is 45.6 Å². The number of rotatable bonds is 7. The highest BCUT2D eigenvalue weighted by atomic mass is 19.4. The standard InChI is InChI=1S/C18H28F3N3O3.C16H22F3N3O2/c1-17(2,3)27-16(26)24-10-7-13(8-11-24)22-14(6-9-23(4)5)12-15(25)18(19,20)21;1-15(2,3)24-14(23)22-8-5-11(6-9-22)21-12-4-7-20-13(10-12)16(17,18)19/h6,9,12-13,22H,7-8,10-11H2,1-5H3;4,7,10-11H,5-6,8-9H2,1-3H3,(H,20,21)/b9-6+,14-12-;. The number of amides is 2. The molecule has 0 saturated carbocycles. The van der Waals surface area contributed by atoms with Crippen LogP contribution in [-0.2, 0) is 20.4 Å². The molecule has 3 heterocycles. The molecule has 288 valence electrons. The van der Waals surface area contributed by atoms with Gasteiger partial charge in [-0.25, -0.2) is 9.59 Å². The number of piperidine rings is 2. The van der Waals surface area contributed by atoms with E-state index in [2.05, 4.69) is 15.6 Å². The maximum atomic E-state index is 12.7. The Kier molecular flexibility index (Phi) is 15.0. The molecule has 11 nitrogen and oxygen atoms in total. The number of anilines is 1. The average Bonchev–Trinajstić information content (AvgIpc) is 2.98. The van der Waals surface area contributed by atoms with Crippen molar-refractivity contribution in [1.82, 2.24) is 25.0 Å². The van der Waals surface area contributed by atoms with Crippen molar-refractivity contribution in [1.29, 1.82) is 0 Å². The lowest BCUT2D eigenvalue weighted by Crippen LogP contribution is -2.46. The minimum atomic E-state index is -4.92. The number of alkyl halides is 6. The van der Waals surface area contributed by atoms with Gasteiger partial charge >= 0.3 is 24.5 Å². The van der Waals surface area contributed by atoms with Crippen LogP contribution in [-0.4, -0.2) is 107 Å². The van der Waals surface area contributed by atoms with Crippen LogP contribution >= 0.6 is 0 Å². The predicted octanol–water partition coefficient (Wildman–Crippen LogP) is 6.98. The smallest absolute Gasteiger partial charge is 0.444 e. The minimum absolute atomic E-state index is 0.00664. The number of ether oxygens (including phenoxy) is 2. The van der Waals surface area contributed by atoms with Gasteiger partial charge in [0.1, 0.15) is 16.9 Å². The Morgan fingerprint density at radius 3 is 1.71 bits per heavy atom. The second kappa shape index (κ2) is 17.8. The highest BCUT2D eigenvalue weighted by Gasteiger charge is 2.37. The van der Waals surface area contributed by atoms with Crippen molar-refractivity contribution in [3.63, 3.8) is 0 Å². The number of hydrogen-bond acceptors (Lipinski definition) is 9. The Labute approximate surface area is 295 Å². The molecular weight excluding hydrogens is 686 g/mol. The van der Waals surface area contributed by atoms with E-state index in [0.29, 0.717) is 63.6 Å². The lowest BCUT2D eigenvalue weighted by molar-refractivity contribution is -0.165. The van der Waals surface area contributed by atoms with Crippen molar-refractivity contribution in [3.8, 4) is 0 Å². The maximum absolute atomic E-state index is 12.7. The normalized spacial score (nSPS) is 17.0. The third-order valence-electron chi connectivity index (χ3n) is 7.20. The quantitative estimate of drug-likeness (QED) is 0.174. The van der Waals surface area contributed by atoms with Crippen molar-refractivity contribution >= 4 is 23.7 Å². The van der Waals surface area contributed by atoms with E-state index >= 15 is 0 Å². The zero-order chi connectivity index (χ0) is 38.8. The summed E-state index contributed by atoms with van der Waals surface area (Å²) < 4.78 is 86.3. The number of hydrogen-bond donors (Lipinski definition) is 2. The first-order valence-electron chi connectivity index (χ1n) is 16.5. The molecule has 0 unspecified atom stereocenters. The van der Waals surface area contributed by atoms with Crippen LogP contribution in [0.2, 0.25) is 0 Å². The molecule has 2 saturated heterocycles. The Morgan fingerprint density at radius 1 is 0.824 bits per heavy atom. The first-order chi connectivity index (χ1) is 23.3. The molecule has 2 aliphatic heterocycles. The summed E-state index contributed by atoms with van der Waals surface area (Å²) in [6, 6.07) is 2.37. The molecule has 0 bridgehead atoms. The zero-order valence-corrected chi connectivity index (χ0v) is 30.4. The molecule has 2 amide bonds. The van der Waals surface area contributed by atoms with Gasteiger partial charge in [-0.15, -0.1) is 0 Å². The molecule has 2 fully saturated rings. The minimum Gasteiger partial charge on any atom is -0.444 e. The first kappa shape index (κ1) is 43.0. The highest BCUT2D eigenvalue weighted by Crippen LogP contribution is 2.29. The number of carbonyl (C=O) groups is 3. The number of carbonyl (C=O) groups excluding carboxylic acids is 3. The Bertz CT molecular complexity index is 1370. The Morgan fingerprint density at radius 2 is 1.29 bits per heavy atom. The number of ketones is 1. The summed E-state index contributed by atoms with van der Waals surface area (Å²) in [7, 11) is 3.44. The van der Waals surface area contributed by atoms with E-state index in [0.717, 1.165) is 12.3 Å². The fourth-order valence-corrected chi connectivity index (χ4v) is 4.80. The monoisotopic (exact) mass is 736 g/mol. The fraction of sp³-hybridized carbons (Fsp3) is 0.647. The van der Waals surface area contributed by atoms with Gasteiger partial charge in [0.2, 0.25) is 0 Å². The number of likely N-dealkylation sites (tertiary alicyclic amines) is 2. The lowest BCUT2D eigenvalue weighted by Gasteiger charge is -2.34. The first-order valence-corrected chi connectivity index (χ1v) is 16.5. The molecule has 2 N–H and O–H groups in total. The molecule has 0 aromatic carbocycles. The highest BCUT2D eigenvalue weighted by molar-refractivity contribution is 5.95. The van der Waals surface area contributed by atoms with Crippen LogP contribution < -0.4 is 10.6 Å². The molecule has 0 aliphatic carbocycles. The Balaban J connectivity index is 0.000000355. The largest absolute Gasteiger partial charge is 0.454 e. The van der Waals surface area contributed by atoms with Crippen LogP contribution in [0.4, 0.5) is 41.6 Å². The SMILES string of the molecule is CC(C)(C)OC(=O)N1CCC(Nc2ccnc(C(F)(F)F)c2)CC1.CN(C)/C=C/C(=C/C(=O)C(F)(F)F)NC1CCN(C(=O)OC(C)(C)C)CC1. The van der Waals surface area contributed by atoms with Gasteiger partial charge in [0.15, 0.2) is 0 Å². The van der Waals surface area contributed by atoms with E-state index in [4.69, 9.17) is 9.47 Å². The summed E-state index contributed by atoms with van der Waals surface area (Å²) in [6.45, 7) is 12.6. The van der Waals surface area contributed by atoms with Crippen molar-refractivity contribution < 1.29 is 50.2 Å². The Hall–Kier alpha value is -4.18. The summed E-state index contributed by atoms with van der Waals surface area (Å²) in [4.78, 5) is 43.5.